The monoisotopic (exact) mass is 381 g/mol. The van der Waals surface area contributed by atoms with Crippen molar-refractivity contribution in [3.63, 3.8) is 0 Å². The predicted molar refractivity (Wildman–Crippen MR) is 106 cm³/mol. The molecule has 0 aliphatic carbocycles. The van der Waals surface area contributed by atoms with Crippen LogP contribution in [0.15, 0.2) is 65.7 Å². The Bertz CT molecular complexity index is 881. The van der Waals surface area contributed by atoms with Gasteiger partial charge in [-0.3, -0.25) is 4.79 Å². The predicted octanol–water partition coefficient (Wildman–Crippen LogP) is 4.25. The van der Waals surface area contributed by atoms with Gasteiger partial charge in [0, 0.05) is 12.1 Å². The van der Waals surface area contributed by atoms with Crippen LogP contribution in [0.4, 0.5) is 4.39 Å². The molecule has 0 bridgehead atoms. The summed E-state index contributed by atoms with van der Waals surface area (Å²) in [5, 5.41) is 11.9. The Kier molecular flexibility index (Phi) is 6.54. The fourth-order valence-corrected chi connectivity index (χ4v) is 3.10. The van der Waals surface area contributed by atoms with E-state index in [1.807, 2.05) is 24.3 Å². The SMILES string of the molecule is CCc1ccc(-c2ccc(SCC(=O)NCc3ccc(F)cc3)nn2)cc1. The van der Waals surface area contributed by atoms with Crippen LogP contribution in [0.2, 0.25) is 0 Å². The van der Waals surface area contributed by atoms with Crippen LogP contribution in [0.1, 0.15) is 18.1 Å². The molecule has 0 aliphatic heterocycles. The van der Waals surface area contributed by atoms with Gasteiger partial charge in [-0.1, -0.05) is 55.1 Å². The molecule has 2 aromatic carbocycles. The minimum absolute atomic E-state index is 0.106. The Morgan fingerprint density at radius 3 is 2.30 bits per heavy atom. The van der Waals surface area contributed by atoms with Gasteiger partial charge < -0.3 is 5.32 Å². The smallest absolute Gasteiger partial charge is 0.230 e. The molecule has 0 atom stereocenters. The fraction of sp³-hybridized carbons (Fsp3) is 0.190. The van der Waals surface area contributed by atoms with Gasteiger partial charge in [0.1, 0.15) is 10.8 Å². The lowest BCUT2D eigenvalue weighted by molar-refractivity contribution is -0.118. The van der Waals surface area contributed by atoms with Crippen LogP contribution in [0.5, 0.6) is 0 Å². The number of amides is 1. The summed E-state index contributed by atoms with van der Waals surface area (Å²) in [7, 11) is 0. The van der Waals surface area contributed by atoms with Crippen molar-refractivity contribution in [2.45, 2.75) is 24.9 Å². The van der Waals surface area contributed by atoms with Crippen LogP contribution in [-0.4, -0.2) is 21.9 Å². The number of carbonyl (C=O) groups excluding carboxylic acids is 1. The highest BCUT2D eigenvalue weighted by atomic mass is 32.2. The second-order valence-corrected chi connectivity index (χ2v) is 6.99. The van der Waals surface area contributed by atoms with E-state index in [0.29, 0.717) is 11.6 Å². The summed E-state index contributed by atoms with van der Waals surface area (Å²) >= 11 is 1.33. The first-order valence-electron chi connectivity index (χ1n) is 8.71. The third-order valence-corrected chi connectivity index (χ3v) is 4.97. The molecule has 0 unspecified atom stereocenters. The zero-order chi connectivity index (χ0) is 19.1. The summed E-state index contributed by atoms with van der Waals surface area (Å²) in [6.07, 6.45) is 1.00. The normalized spacial score (nSPS) is 10.6. The Morgan fingerprint density at radius 2 is 1.67 bits per heavy atom. The third-order valence-electron chi connectivity index (χ3n) is 4.05. The summed E-state index contributed by atoms with van der Waals surface area (Å²) < 4.78 is 12.9. The number of rotatable bonds is 7. The van der Waals surface area contributed by atoms with E-state index in [-0.39, 0.29) is 17.5 Å². The topological polar surface area (TPSA) is 54.9 Å². The quantitative estimate of drug-likeness (QED) is 0.622. The molecular formula is C21H20FN3OS. The van der Waals surface area contributed by atoms with E-state index in [0.717, 1.165) is 23.2 Å². The van der Waals surface area contributed by atoms with Crippen molar-refractivity contribution < 1.29 is 9.18 Å². The van der Waals surface area contributed by atoms with E-state index in [2.05, 4.69) is 34.6 Å². The van der Waals surface area contributed by atoms with Gasteiger partial charge >= 0.3 is 0 Å². The molecule has 1 N–H and O–H groups in total. The maximum atomic E-state index is 12.9. The van der Waals surface area contributed by atoms with Crippen molar-refractivity contribution in [3.05, 3.63) is 77.6 Å². The van der Waals surface area contributed by atoms with Crippen molar-refractivity contribution in [3.8, 4) is 11.3 Å². The van der Waals surface area contributed by atoms with E-state index >= 15 is 0 Å². The molecule has 1 aromatic heterocycles. The number of nitrogens with one attached hydrogen (secondary N) is 1. The number of aromatic nitrogens is 2. The fourth-order valence-electron chi connectivity index (χ4n) is 2.46. The average Bonchev–Trinajstić information content (AvgIpc) is 2.72. The van der Waals surface area contributed by atoms with Crippen LogP contribution in [0.25, 0.3) is 11.3 Å². The summed E-state index contributed by atoms with van der Waals surface area (Å²) in [5.74, 6) is -0.144. The Balaban J connectivity index is 1.49. The van der Waals surface area contributed by atoms with Crippen molar-refractivity contribution >= 4 is 17.7 Å². The molecule has 1 amide bonds. The molecule has 4 nitrogen and oxygen atoms in total. The molecule has 0 radical (unpaired) electrons. The van der Waals surface area contributed by atoms with Crippen LogP contribution in [0, 0.1) is 5.82 Å². The highest BCUT2D eigenvalue weighted by Crippen LogP contribution is 2.20. The van der Waals surface area contributed by atoms with E-state index < -0.39 is 0 Å². The molecule has 1 heterocycles. The molecule has 27 heavy (non-hydrogen) atoms. The molecule has 0 aliphatic rings. The number of aryl methyl sites for hydroxylation is 1. The number of halogens is 1. The first kappa shape index (κ1) is 19.0. The summed E-state index contributed by atoms with van der Waals surface area (Å²) in [6.45, 7) is 2.49. The average molecular weight is 381 g/mol. The zero-order valence-electron chi connectivity index (χ0n) is 15.0. The van der Waals surface area contributed by atoms with Gasteiger partial charge in [-0.05, 0) is 41.8 Å². The number of benzene rings is 2. The van der Waals surface area contributed by atoms with Crippen molar-refractivity contribution in [1.82, 2.24) is 15.5 Å². The van der Waals surface area contributed by atoms with Crippen molar-refractivity contribution in [1.29, 1.82) is 0 Å². The van der Waals surface area contributed by atoms with Crippen LogP contribution < -0.4 is 5.32 Å². The Morgan fingerprint density at radius 1 is 0.963 bits per heavy atom. The van der Waals surface area contributed by atoms with Gasteiger partial charge in [-0.2, -0.15) is 0 Å². The lowest BCUT2D eigenvalue weighted by atomic mass is 10.1. The van der Waals surface area contributed by atoms with Crippen LogP contribution in [-0.2, 0) is 17.8 Å². The molecular weight excluding hydrogens is 361 g/mol. The largest absolute Gasteiger partial charge is 0.351 e. The number of carbonyl (C=O) groups is 1. The molecule has 138 valence electrons. The molecule has 0 spiro atoms. The van der Waals surface area contributed by atoms with Crippen LogP contribution in [0.3, 0.4) is 0 Å². The molecule has 0 fully saturated rings. The van der Waals surface area contributed by atoms with Crippen molar-refractivity contribution in [2.75, 3.05) is 5.75 Å². The number of thioether (sulfide) groups is 1. The summed E-state index contributed by atoms with van der Waals surface area (Å²) in [6, 6.07) is 18.1. The highest BCUT2D eigenvalue weighted by Gasteiger charge is 2.06. The van der Waals surface area contributed by atoms with Gasteiger partial charge in [0.05, 0.1) is 11.4 Å². The lowest BCUT2D eigenvalue weighted by Gasteiger charge is -2.06. The highest BCUT2D eigenvalue weighted by molar-refractivity contribution is 7.99. The number of hydrogen-bond acceptors (Lipinski definition) is 4. The molecule has 0 saturated heterocycles. The third kappa shape index (κ3) is 5.62. The maximum absolute atomic E-state index is 12.9. The molecule has 3 rings (SSSR count). The summed E-state index contributed by atoms with van der Waals surface area (Å²) in [4.78, 5) is 12.0. The first-order valence-corrected chi connectivity index (χ1v) is 9.69. The molecule has 3 aromatic rings. The minimum Gasteiger partial charge on any atom is -0.351 e. The van der Waals surface area contributed by atoms with E-state index in [9.17, 15) is 9.18 Å². The number of nitrogens with zero attached hydrogens (tertiary/aromatic N) is 2. The van der Waals surface area contributed by atoms with Crippen LogP contribution >= 0.6 is 11.8 Å². The first-order chi connectivity index (χ1) is 13.1. The second kappa shape index (κ2) is 9.28. The number of hydrogen-bond donors (Lipinski definition) is 1. The second-order valence-electron chi connectivity index (χ2n) is 6.00. The standard InChI is InChI=1S/C21H20FN3OS/c1-2-15-3-7-17(8-4-15)19-11-12-21(25-24-19)27-14-20(26)23-13-16-5-9-18(22)10-6-16/h3-12H,2,13-14H2,1H3,(H,23,26). The summed E-state index contributed by atoms with van der Waals surface area (Å²) in [5.41, 5.74) is 3.97. The molecule has 6 heteroatoms. The Hall–Kier alpha value is -2.73. The lowest BCUT2D eigenvalue weighted by Crippen LogP contribution is -2.24. The van der Waals surface area contributed by atoms with Crippen molar-refractivity contribution in [2.24, 2.45) is 0 Å². The Labute approximate surface area is 162 Å². The van der Waals surface area contributed by atoms with Gasteiger partial charge in [0.2, 0.25) is 5.91 Å². The van der Waals surface area contributed by atoms with Gasteiger partial charge in [-0.25, -0.2) is 4.39 Å². The van der Waals surface area contributed by atoms with E-state index in [1.54, 1.807) is 12.1 Å². The van der Waals surface area contributed by atoms with Gasteiger partial charge in [0.25, 0.3) is 0 Å². The van der Waals surface area contributed by atoms with Gasteiger partial charge in [0.15, 0.2) is 0 Å². The van der Waals surface area contributed by atoms with Gasteiger partial charge in [-0.15, -0.1) is 10.2 Å². The molecule has 0 saturated carbocycles. The zero-order valence-corrected chi connectivity index (χ0v) is 15.8. The minimum atomic E-state index is -0.288. The maximum Gasteiger partial charge on any atom is 0.230 e. The van der Waals surface area contributed by atoms with E-state index in [4.69, 9.17) is 0 Å². The van der Waals surface area contributed by atoms with E-state index in [1.165, 1.54) is 29.5 Å².